The van der Waals surface area contributed by atoms with E-state index in [0.717, 1.165) is 0 Å². The van der Waals surface area contributed by atoms with Gasteiger partial charge in [0.05, 0.1) is 74.6 Å². The van der Waals surface area contributed by atoms with Gasteiger partial charge in [-0.2, -0.15) is 0 Å². The zero-order chi connectivity index (χ0) is 71.8. The summed E-state index contributed by atoms with van der Waals surface area (Å²) in [5.41, 5.74) is 0.454. The van der Waals surface area contributed by atoms with Crippen molar-refractivity contribution < 1.29 is 30.2 Å². The number of hydrogen-bond acceptors (Lipinski definition) is 2. The van der Waals surface area contributed by atoms with Crippen LogP contribution in [0.15, 0.2) is 242 Å². The third-order valence-electron chi connectivity index (χ3n) is 14.7. The average Bonchev–Trinajstić information content (AvgIpc) is 1.48. The van der Waals surface area contributed by atoms with Gasteiger partial charge in [-0.3, -0.25) is 0 Å². The highest BCUT2D eigenvalue weighted by molar-refractivity contribution is 6.32. The fraction of sp³-hybridized carbons (Fsp3) is 0.108. The molecule has 0 saturated heterocycles. The Morgan fingerprint density at radius 1 is 0.321 bits per heavy atom. The molecule has 78 heavy (non-hydrogen) atoms. The number of anilines is 6. The van der Waals surface area contributed by atoms with Crippen molar-refractivity contribution in [2.75, 3.05) is 9.80 Å². The van der Waals surface area contributed by atoms with Gasteiger partial charge in [-0.15, -0.1) is 0 Å². The number of hydrogen-bond donors (Lipinski definition) is 0. The molecule has 0 fully saturated rings. The molecular weight excluding hydrogens is 945 g/mol. The lowest BCUT2D eigenvalue weighted by Gasteiger charge is -2.27. The van der Waals surface area contributed by atoms with Gasteiger partial charge in [0, 0.05) is 65.8 Å². The highest BCUT2D eigenvalue weighted by Gasteiger charge is 2.30. The predicted octanol–water partition coefficient (Wildman–Crippen LogP) is 20.9. The molecule has 0 radical (unpaired) electrons. The fourth-order valence-corrected chi connectivity index (χ4v) is 11.0. The first-order valence-corrected chi connectivity index (χ1v) is 25.6. The first-order valence-electron chi connectivity index (χ1n) is 36.6. The normalized spacial score (nSPS) is 16.4. The lowest BCUT2D eigenvalue weighted by molar-refractivity contribution is 0.591. The smallest absolute Gasteiger partial charge is 0.0653 e. The largest absolute Gasteiger partial charge is 0.310 e. The second-order valence-electron chi connectivity index (χ2n) is 21.6. The molecule has 15 rings (SSSR count). The van der Waals surface area contributed by atoms with Crippen LogP contribution in [0.1, 0.15) is 82.8 Å². The van der Waals surface area contributed by atoms with Crippen LogP contribution in [0.2, 0.25) is 0 Å². The first kappa shape index (κ1) is 28.7. The van der Waals surface area contributed by atoms with Gasteiger partial charge in [0.15, 0.2) is 0 Å². The highest BCUT2D eigenvalue weighted by atomic mass is 15.2. The van der Waals surface area contributed by atoms with Crippen molar-refractivity contribution >= 4 is 110 Å². The van der Waals surface area contributed by atoms with E-state index in [9.17, 15) is 16.4 Å². The minimum absolute atomic E-state index is 0.0209. The van der Waals surface area contributed by atoms with Crippen LogP contribution in [-0.4, -0.2) is 8.80 Å². The van der Waals surface area contributed by atoms with Crippen molar-refractivity contribution in [2.24, 2.45) is 0 Å². The molecule has 0 bridgehead atoms. The van der Waals surface area contributed by atoms with E-state index in [1.165, 1.54) is 8.80 Å². The molecule has 4 heterocycles. The minimum Gasteiger partial charge on any atom is -0.310 e. The summed E-state index contributed by atoms with van der Waals surface area (Å²) in [6.07, 6.45) is 0. The summed E-state index contributed by atoms with van der Waals surface area (Å²) in [4.78, 5) is 3.36. The standard InChI is InChI=1S/C74H58N4/c1-73(2,3)51-31-39-63-61(43-51)69-65(75(53-23-15-9-16-24-53)55-33-27-49(28-34-55)47-19-11-7-12-20-47)41-37-57-59-46-68-60(45-67(59)77(63)71(57)69)58-38-42-66(70-62-44-52(74(4,5)6)32-40-64(62)78(68)72(58)70)76(54-25-17-10-18-26-54)56-35-29-50(30-36-56)48-21-13-8-14-22-48/h7-46H,1-6H3/i7D,8D,11D,12D,13D,14D,19D,20D,21D,22D,31D,32D,37D,38D,39D,40D,41D,42D,43D,44D,45D,46D. The van der Waals surface area contributed by atoms with E-state index in [-0.39, 0.29) is 169 Å². The summed E-state index contributed by atoms with van der Waals surface area (Å²) in [6, 6.07) is 21.3. The summed E-state index contributed by atoms with van der Waals surface area (Å²) in [7, 11) is 0. The third kappa shape index (κ3) is 6.99. The van der Waals surface area contributed by atoms with E-state index in [1.54, 1.807) is 119 Å². The Labute approximate surface area is 485 Å². The minimum atomic E-state index is -0.937. The van der Waals surface area contributed by atoms with Crippen molar-refractivity contribution in [3.05, 3.63) is 253 Å². The molecule has 0 aliphatic carbocycles. The Morgan fingerprint density at radius 2 is 0.692 bits per heavy atom. The van der Waals surface area contributed by atoms with Crippen LogP contribution in [0.25, 0.3) is 98.4 Å². The van der Waals surface area contributed by atoms with E-state index in [0.29, 0.717) is 22.7 Å². The zero-order valence-electron chi connectivity index (χ0n) is 65.2. The molecule has 0 N–H and O–H groups in total. The van der Waals surface area contributed by atoms with Crippen molar-refractivity contribution in [2.45, 2.75) is 52.4 Å². The van der Waals surface area contributed by atoms with Crippen LogP contribution < -0.4 is 9.80 Å². The predicted molar refractivity (Wildman–Crippen MR) is 333 cm³/mol. The number of nitrogens with zero attached hydrogens (tertiary/aromatic N) is 4. The van der Waals surface area contributed by atoms with Crippen molar-refractivity contribution in [1.82, 2.24) is 8.80 Å². The molecule has 0 unspecified atom stereocenters. The SMILES string of the molecule is [2H]c1c([2H])c([2H])c(-c2ccc(N(c3ccccc3)c3c([2H])c([2H])c4c5c([2H])c6c(c([2H])c5n5c7c([2H])c([2H])c(C(C)(C)C)c([2H])c7c3c45)c3c([2H])c([2H])c(N(c4ccccc4)c4ccc(-c5c([2H])c([2H])c([2H])c([2H])c5[2H])cc4)c4c5c([2H])c(C(C)(C)C)c([2H])c([2H])c5n6c34)cc2)c([2H])c1[2H]. The van der Waals surface area contributed by atoms with Crippen LogP contribution in [-0.2, 0) is 10.8 Å². The van der Waals surface area contributed by atoms with E-state index in [2.05, 4.69) is 0 Å². The average molecular weight is 1030 g/mol. The van der Waals surface area contributed by atoms with Crippen LogP contribution in [0, 0.1) is 0 Å². The van der Waals surface area contributed by atoms with Gasteiger partial charge in [0.25, 0.3) is 0 Å². The molecule has 4 aromatic heterocycles. The van der Waals surface area contributed by atoms with Crippen LogP contribution in [0.3, 0.4) is 0 Å². The van der Waals surface area contributed by atoms with Gasteiger partial charge in [-0.25, -0.2) is 0 Å². The van der Waals surface area contributed by atoms with Crippen LogP contribution in [0.4, 0.5) is 34.1 Å². The summed E-state index contributed by atoms with van der Waals surface area (Å²) in [5, 5.41) is 0.184. The van der Waals surface area contributed by atoms with Gasteiger partial charge in [0.1, 0.15) is 0 Å². The van der Waals surface area contributed by atoms with Crippen molar-refractivity contribution in [1.29, 1.82) is 0 Å². The van der Waals surface area contributed by atoms with E-state index in [4.69, 9.17) is 13.7 Å². The van der Waals surface area contributed by atoms with E-state index >= 15 is 0 Å². The topological polar surface area (TPSA) is 15.3 Å². The van der Waals surface area contributed by atoms with Gasteiger partial charge in [-0.1, -0.05) is 187 Å². The van der Waals surface area contributed by atoms with Gasteiger partial charge in [-0.05, 0) is 141 Å². The Morgan fingerprint density at radius 3 is 1.06 bits per heavy atom. The molecule has 0 aliphatic rings. The number of para-hydroxylation sites is 2. The summed E-state index contributed by atoms with van der Waals surface area (Å²) >= 11 is 0. The maximum absolute atomic E-state index is 10.9. The maximum Gasteiger partial charge on any atom is 0.0653 e. The molecule has 15 aromatic rings. The summed E-state index contributed by atoms with van der Waals surface area (Å²) in [6.45, 7) is 10.9. The molecule has 0 spiro atoms. The number of rotatable bonds is 8. The second kappa shape index (κ2) is 17.1. The van der Waals surface area contributed by atoms with Gasteiger partial charge >= 0.3 is 0 Å². The Hall–Kier alpha value is -9.38. The molecule has 4 nitrogen and oxygen atoms in total. The molecule has 374 valence electrons. The maximum atomic E-state index is 10.9. The summed E-state index contributed by atoms with van der Waals surface area (Å²) < 4.78 is 212. The van der Waals surface area contributed by atoms with E-state index < -0.39 is 95.4 Å². The number of benzene rings is 11. The second-order valence-corrected chi connectivity index (χ2v) is 21.6. The van der Waals surface area contributed by atoms with Gasteiger partial charge < -0.3 is 18.6 Å². The fourth-order valence-electron chi connectivity index (χ4n) is 11.0. The molecule has 0 atom stereocenters. The number of fused-ring (bicyclic) bond motifs is 12. The molecule has 0 aliphatic heterocycles. The molecular formula is C74H58N4. The zero-order valence-corrected chi connectivity index (χ0v) is 43.2. The van der Waals surface area contributed by atoms with E-state index in [1.807, 2.05) is 41.5 Å². The van der Waals surface area contributed by atoms with Gasteiger partial charge in [0.2, 0.25) is 0 Å². The summed E-state index contributed by atoms with van der Waals surface area (Å²) in [5.74, 6) is 0. The quantitative estimate of drug-likeness (QED) is 0.151. The lowest BCUT2D eigenvalue weighted by Crippen LogP contribution is -2.11. The molecule has 0 amide bonds. The first-order chi connectivity index (χ1) is 47.2. The van der Waals surface area contributed by atoms with Crippen molar-refractivity contribution in [3.8, 4) is 22.3 Å². The highest BCUT2D eigenvalue weighted by Crippen LogP contribution is 2.52. The number of aromatic nitrogens is 2. The van der Waals surface area contributed by atoms with Crippen molar-refractivity contribution in [3.63, 3.8) is 0 Å². The molecule has 0 saturated carbocycles. The van der Waals surface area contributed by atoms with Crippen LogP contribution >= 0.6 is 0 Å². The van der Waals surface area contributed by atoms with Crippen LogP contribution in [0.5, 0.6) is 0 Å². The Kier molecular flexibility index (Phi) is 6.27. The Balaban J connectivity index is 1.11. The Bertz CT molecular complexity index is 5690. The molecule has 11 aromatic carbocycles. The molecule has 4 heteroatoms. The monoisotopic (exact) mass is 1020 g/mol. The lowest BCUT2D eigenvalue weighted by atomic mass is 9.86. The third-order valence-corrected chi connectivity index (χ3v) is 14.7.